The van der Waals surface area contributed by atoms with Crippen molar-refractivity contribution in [1.29, 1.82) is 0 Å². The van der Waals surface area contributed by atoms with Crippen molar-refractivity contribution in [3.63, 3.8) is 0 Å². The lowest BCUT2D eigenvalue weighted by Crippen LogP contribution is -2.24. The van der Waals surface area contributed by atoms with Crippen LogP contribution in [0.5, 0.6) is 0 Å². The third-order valence-electron chi connectivity index (χ3n) is 3.14. The molecule has 0 aliphatic heterocycles. The molecule has 0 atom stereocenters. The molecule has 1 aromatic rings. The van der Waals surface area contributed by atoms with Gasteiger partial charge in [-0.25, -0.2) is 13.1 Å². The smallest absolute Gasteiger partial charge is 0.211 e. The maximum absolute atomic E-state index is 12.1. The summed E-state index contributed by atoms with van der Waals surface area (Å²) in [7, 11) is -3.34. The third kappa shape index (κ3) is 5.79. The third-order valence-corrected chi connectivity index (χ3v) is 5.36. The van der Waals surface area contributed by atoms with Gasteiger partial charge in [0.25, 0.3) is 0 Å². The van der Waals surface area contributed by atoms with Crippen molar-refractivity contribution in [3.05, 3.63) is 29.3 Å². The Kier molecular flexibility index (Phi) is 7.31. The van der Waals surface area contributed by atoms with Gasteiger partial charge in [0.2, 0.25) is 10.0 Å². The number of benzene rings is 1. The molecule has 0 saturated heterocycles. The zero-order valence-electron chi connectivity index (χ0n) is 11.6. The molecular formula is C14H22INO2S. The summed E-state index contributed by atoms with van der Waals surface area (Å²) in [5.74, 6) is 0. The number of halogens is 1. The highest BCUT2D eigenvalue weighted by Gasteiger charge is 2.13. The number of alkyl halides is 1. The Balaban J connectivity index is 2.49. The van der Waals surface area contributed by atoms with Crippen molar-refractivity contribution >= 4 is 32.6 Å². The van der Waals surface area contributed by atoms with Crippen LogP contribution in [0.2, 0.25) is 0 Å². The van der Waals surface area contributed by atoms with E-state index in [2.05, 4.69) is 27.3 Å². The van der Waals surface area contributed by atoms with Crippen LogP contribution in [0.3, 0.4) is 0 Å². The molecule has 108 valence electrons. The first-order valence-electron chi connectivity index (χ1n) is 6.60. The highest BCUT2D eigenvalue weighted by Crippen LogP contribution is 2.14. The second kappa shape index (κ2) is 8.21. The molecule has 0 spiro atoms. The fourth-order valence-corrected chi connectivity index (χ4v) is 3.44. The minimum absolute atomic E-state index is 0.364. The van der Waals surface area contributed by atoms with E-state index in [1.54, 1.807) is 12.1 Å². The van der Waals surface area contributed by atoms with Gasteiger partial charge in [-0.3, -0.25) is 0 Å². The van der Waals surface area contributed by atoms with Gasteiger partial charge in [0.05, 0.1) is 4.90 Å². The molecule has 0 heterocycles. The molecule has 19 heavy (non-hydrogen) atoms. The van der Waals surface area contributed by atoms with E-state index in [0.717, 1.165) is 24.0 Å². The predicted molar refractivity (Wildman–Crippen MR) is 88.5 cm³/mol. The molecule has 1 aromatic carbocycles. The fraction of sp³-hybridized carbons (Fsp3) is 0.571. The maximum Gasteiger partial charge on any atom is 0.240 e. The van der Waals surface area contributed by atoms with E-state index in [-0.39, 0.29) is 0 Å². The lowest BCUT2D eigenvalue weighted by atomic mass is 10.1. The highest BCUT2D eigenvalue weighted by molar-refractivity contribution is 14.1. The minimum Gasteiger partial charge on any atom is -0.211 e. The Hall–Kier alpha value is -0.140. The number of nitrogens with one attached hydrogen (secondary N) is 1. The van der Waals surface area contributed by atoms with Crippen molar-refractivity contribution < 1.29 is 8.42 Å². The first-order valence-corrected chi connectivity index (χ1v) is 9.61. The second-order valence-corrected chi connectivity index (χ2v) is 7.59. The van der Waals surface area contributed by atoms with Gasteiger partial charge in [-0.15, -0.1) is 0 Å². The number of rotatable bonds is 8. The SMILES string of the molecule is Cc1ccc(S(=O)(=O)NCCCCCCI)cc1C. The maximum atomic E-state index is 12.1. The molecule has 0 amide bonds. The monoisotopic (exact) mass is 395 g/mol. The normalized spacial score (nSPS) is 11.7. The molecule has 1 N–H and O–H groups in total. The number of aryl methyl sites for hydroxylation is 2. The van der Waals surface area contributed by atoms with Crippen LogP contribution < -0.4 is 4.72 Å². The molecule has 0 fully saturated rings. The Morgan fingerprint density at radius 1 is 1.05 bits per heavy atom. The summed E-state index contributed by atoms with van der Waals surface area (Å²) in [5, 5.41) is 0. The minimum atomic E-state index is -3.34. The zero-order valence-corrected chi connectivity index (χ0v) is 14.6. The Labute approximate surface area is 130 Å². The van der Waals surface area contributed by atoms with E-state index in [4.69, 9.17) is 0 Å². The molecular weight excluding hydrogens is 373 g/mol. The Bertz CT molecular complexity index is 500. The molecule has 0 unspecified atom stereocenters. The summed E-state index contributed by atoms with van der Waals surface area (Å²) >= 11 is 2.36. The van der Waals surface area contributed by atoms with E-state index < -0.39 is 10.0 Å². The van der Waals surface area contributed by atoms with Crippen LogP contribution in [0.1, 0.15) is 36.8 Å². The van der Waals surface area contributed by atoms with Crippen LogP contribution in [0.4, 0.5) is 0 Å². The quantitative estimate of drug-likeness (QED) is 0.416. The van der Waals surface area contributed by atoms with Gasteiger partial charge < -0.3 is 0 Å². The summed E-state index contributed by atoms with van der Waals surface area (Å²) in [6, 6.07) is 5.25. The first kappa shape index (κ1) is 16.9. The fourth-order valence-electron chi connectivity index (χ4n) is 1.74. The summed E-state index contributed by atoms with van der Waals surface area (Å²) in [6.07, 6.45) is 4.37. The molecule has 1 rings (SSSR count). The van der Waals surface area contributed by atoms with Crippen LogP contribution in [0, 0.1) is 13.8 Å². The molecule has 0 aromatic heterocycles. The lowest BCUT2D eigenvalue weighted by molar-refractivity contribution is 0.574. The average molecular weight is 395 g/mol. The Morgan fingerprint density at radius 3 is 2.37 bits per heavy atom. The number of unbranched alkanes of at least 4 members (excludes halogenated alkanes) is 3. The summed E-state index contributed by atoms with van der Waals surface area (Å²) in [4.78, 5) is 0.364. The number of sulfonamides is 1. The van der Waals surface area contributed by atoms with Gasteiger partial charge in [0.1, 0.15) is 0 Å². The van der Waals surface area contributed by atoms with Gasteiger partial charge in [0, 0.05) is 6.54 Å². The van der Waals surface area contributed by atoms with Gasteiger partial charge in [-0.2, -0.15) is 0 Å². The van der Waals surface area contributed by atoms with Crippen LogP contribution in [0.15, 0.2) is 23.1 Å². The summed E-state index contributed by atoms with van der Waals surface area (Å²) in [5.41, 5.74) is 2.11. The second-order valence-electron chi connectivity index (χ2n) is 4.75. The predicted octanol–water partition coefficient (Wildman–Crippen LogP) is 3.58. The van der Waals surface area contributed by atoms with Crippen LogP contribution in [0.25, 0.3) is 0 Å². The van der Waals surface area contributed by atoms with E-state index in [9.17, 15) is 8.42 Å². The molecule has 0 aliphatic rings. The van der Waals surface area contributed by atoms with Gasteiger partial charge >= 0.3 is 0 Å². The van der Waals surface area contributed by atoms with Crippen molar-refractivity contribution in [2.45, 2.75) is 44.4 Å². The molecule has 3 nitrogen and oxygen atoms in total. The van der Waals surface area contributed by atoms with Crippen molar-refractivity contribution in [3.8, 4) is 0 Å². The van der Waals surface area contributed by atoms with E-state index in [0.29, 0.717) is 11.4 Å². The highest BCUT2D eigenvalue weighted by atomic mass is 127. The van der Waals surface area contributed by atoms with Crippen molar-refractivity contribution in [2.24, 2.45) is 0 Å². The molecule has 0 aliphatic carbocycles. The zero-order chi connectivity index (χ0) is 14.3. The van der Waals surface area contributed by atoms with Gasteiger partial charge in [-0.05, 0) is 54.4 Å². The number of hydrogen-bond donors (Lipinski definition) is 1. The van der Waals surface area contributed by atoms with Crippen LogP contribution in [-0.2, 0) is 10.0 Å². The Morgan fingerprint density at radius 2 is 1.74 bits per heavy atom. The first-order chi connectivity index (χ1) is 8.97. The summed E-state index contributed by atoms with van der Waals surface area (Å²) < 4.78 is 28.0. The van der Waals surface area contributed by atoms with E-state index in [1.165, 1.54) is 17.3 Å². The van der Waals surface area contributed by atoms with Crippen LogP contribution in [-0.4, -0.2) is 19.4 Å². The standard InChI is InChI=1S/C14H22INO2S/c1-12-7-8-14(11-13(12)2)19(17,18)16-10-6-4-3-5-9-15/h7-8,11,16H,3-6,9-10H2,1-2H3. The topological polar surface area (TPSA) is 46.2 Å². The average Bonchev–Trinajstić information content (AvgIpc) is 2.36. The van der Waals surface area contributed by atoms with Crippen LogP contribution >= 0.6 is 22.6 Å². The largest absolute Gasteiger partial charge is 0.240 e. The summed E-state index contributed by atoms with van der Waals surface area (Å²) in [6.45, 7) is 4.43. The molecule has 0 saturated carbocycles. The molecule has 0 bridgehead atoms. The van der Waals surface area contributed by atoms with E-state index >= 15 is 0 Å². The number of hydrogen-bond acceptors (Lipinski definition) is 2. The van der Waals surface area contributed by atoms with Gasteiger partial charge in [0.15, 0.2) is 0 Å². The molecule has 0 radical (unpaired) electrons. The van der Waals surface area contributed by atoms with E-state index in [1.807, 2.05) is 19.9 Å². The van der Waals surface area contributed by atoms with Gasteiger partial charge in [-0.1, -0.05) is 41.5 Å². The lowest BCUT2D eigenvalue weighted by Gasteiger charge is -2.08. The van der Waals surface area contributed by atoms with Crippen molar-refractivity contribution in [1.82, 2.24) is 4.72 Å². The van der Waals surface area contributed by atoms with Crippen molar-refractivity contribution in [2.75, 3.05) is 11.0 Å². The molecule has 5 heteroatoms.